The van der Waals surface area contributed by atoms with Crippen LogP contribution in [0.2, 0.25) is 0 Å². The standard InChI is InChI=1S/C12H15N3S/c1-8-4-6-16-11(8)10-7-14-12(15-10)9-3-2-5-13-9/h4,6-7,9,13H,2-3,5H2,1H3,(H,14,15). The van der Waals surface area contributed by atoms with Crippen LogP contribution in [0.1, 0.15) is 30.3 Å². The summed E-state index contributed by atoms with van der Waals surface area (Å²) in [5.74, 6) is 1.08. The van der Waals surface area contributed by atoms with Gasteiger partial charge in [0.05, 0.1) is 22.8 Å². The number of rotatable bonds is 2. The molecule has 16 heavy (non-hydrogen) atoms. The van der Waals surface area contributed by atoms with E-state index in [1.165, 1.54) is 23.3 Å². The summed E-state index contributed by atoms with van der Waals surface area (Å²) in [7, 11) is 0. The molecule has 1 unspecified atom stereocenters. The second-order valence-electron chi connectivity index (χ2n) is 4.26. The SMILES string of the molecule is Cc1ccsc1-c1cnc(C2CCCN2)[nH]1. The average Bonchev–Trinajstić information content (AvgIpc) is 2.96. The van der Waals surface area contributed by atoms with Crippen LogP contribution >= 0.6 is 11.3 Å². The summed E-state index contributed by atoms with van der Waals surface area (Å²) in [5, 5.41) is 5.58. The summed E-state index contributed by atoms with van der Waals surface area (Å²) in [6.07, 6.45) is 4.39. The van der Waals surface area contributed by atoms with Gasteiger partial charge >= 0.3 is 0 Å². The minimum absolute atomic E-state index is 0.425. The van der Waals surface area contributed by atoms with Gasteiger partial charge in [0.25, 0.3) is 0 Å². The van der Waals surface area contributed by atoms with Crippen LogP contribution in [-0.4, -0.2) is 16.5 Å². The van der Waals surface area contributed by atoms with E-state index in [4.69, 9.17) is 0 Å². The first-order valence-corrected chi connectivity index (χ1v) is 6.55. The molecule has 1 aliphatic rings. The van der Waals surface area contributed by atoms with Crippen LogP contribution in [0, 0.1) is 6.92 Å². The molecule has 2 N–H and O–H groups in total. The summed E-state index contributed by atoms with van der Waals surface area (Å²) in [5.41, 5.74) is 2.47. The molecule has 0 saturated carbocycles. The molecule has 0 aliphatic carbocycles. The van der Waals surface area contributed by atoms with Gasteiger partial charge in [-0.25, -0.2) is 4.98 Å². The zero-order valence-electron chi connectivity index (χ0n) is 9.29. The van der Waals surface area contributed by atoms with Crippen LogP contribution in [0.25, 0.3) is 10.6 Å². The number of aryl methyl sites for hydroxylation is 1. The second-order valence-corrected chi connectivity index (χ2v) is 5.18. The molecule has 0 aromatic carbocycles. The fourth-order valence-corrected chi connectivity index (χ4v) is 3.09. The van der Waals surface area contributed by atoms with E-state index < -0.39 is 0 Å². The highest BCUT2D eigenvalue weighted by Gasteiger charge is 2.19. The average molecular weight is 233 g/mol. The topological polar surface area (TPSA) is 40.7 Å². The van der Waals surface area contributed by atoms with Crippen molar-refractivity contribution in [2.75, 3.05) is 6.54 Å². The molecule has 1 saturated heterocycles. The largest absolute Gasteiger partial charge is 0.340 e. The Labute approximate surface area is 98.9 Å². The summed E-state index contributed by atoms with van der Waals surface area (Å²) < 4.78 is 0. The Morgan fingerprint density at radius 3 is 3.12 bits per heavy atom. The fourth-order valence-electron chi connectivity index (χ4n) is 2.20. The van der Waals surface area contributed by atoms with Crippen LogP contribution in [0.5, 0.6) is 0 Å². The fraction of sp³-hybridized carbons (Fsp3) is 0.417. The maximum absolute atomic E-state index is 4.48. The predicted octanol–water partition coefficient (Wildman–Crippen LogP) is 2.87. The number of aromatic nitrogens is 2. The Bertz CT molecular complexity index is 480. The Kier molecular flexibility index (Phi) is 2.53. The number of imidazole rings is 1. The molecule has 1 fully saturated rings. The van der Waals surface area contributed by atoms with Gasteiger partial charge in [0, 0.05) is 0 Å². The van der Waals surface area contributed by atoms with E-state index in [2.05, 4.69) is 33.7 Å². The van der Waals surface area contributed by atoms with Crippen LogP contribution in [-0.2, 0) is 0 Å². The highest BCUT2D eigenvalue weighted by molar-refractivity contribution is 7.13. The zero-order chi connectivity index (χ0) is 11.0. The first-order valence-electron chi connectivity index (χ1n) is 5.67. The molecule has 0 radical (unpaired) electrons. The maximum Gasteiger partial charge on any atom is 0.123 e. The molecular formula is C12H15N3S. The summed E-state index contributed by atoms with van der Waals surface area (Å²) >= 11 is 1.77. The van der Waals surface area contributed by atoms with E-state index in [1.807, 2.05) is 6.20 Å². The van der Waals surface area contributed by atoms with E-state index in [-0.39, 0.29) is 0 Å². The van der Waals surface area contributed by atoms with Gasteiger partial charge in [0.1, 0.15) is 5.82 Å². The summed E-state index contributed by atoms with van der Waals surface area (Å²) in [6.45, 7) is 3.25. The maximum atomic E-state index is 4.48. The molecule has 4 heteroatoms. The number of aromatic amines is 1. The van der Waals surface area contributed by atoms with E-state index in [1.54, 1.807) is 11.3 Å². The van der Waals surface area contributed by atoms with Gasteiger partial charge in [-0.1, -0.05) is 0 Å². The van der Waals surface area contributed by atoms with Gasteiger partial charge in [-0.2, -0.15) is 0 Å². The third-order valence-electron chi connectivity index (χ3n) is 3.09. The molecule has 2 aromatic rings. The molecule has 1 aliphatic heterocycles. The van der Waals surface area contributed by atoms with Crippen molar-refractivity contribution in [2.24, 2.45) is 0 Å². The molecule has 1 atom stereocenters. The predicted molar refractivity (Wildman–Crippen MR) is 66.6 cm³/mol. The van der Waals surface area contributed by atoms with Crippen LogP contribution in [0.15, 0.2) is 17.6 Å². The molecular weight excluding hydrogens is 218 g/mol. The number of thiophene rings is 1. The molecule has 0 bridgehead atoms. The van der Waals surface area contributed by atoms with Crippen molar-refractivity contribution in [3.05, 3.63) is 29.0 Å². The van der Waals surface area contributed by atoms with Gasteiger partial charge < -0.3 is 10.3 Å². The minimum atomic E-state index is 0.425. The lowest BCUT2D eigenvalue weighted by atomic mass is 10.2. The molecule has 84 valence electrons. The Morgan fingerprint density at radius 2 is 2.44 bits per heavy atom. The lowest BCUT2D eigenvalue weighted by molar-refractivity contribution is 0.613. The number of H-pyrrole nitrogens is 1. The third kappa shape index (κ3) is 1.68. The van der Waals surface area contributed by atoms with Gasteiger partial charge in [-0.05, 0) is 43.3 Å². The minimum Gasteiger partial charge on any atom is -0.340 e. The normalized spacial score (nSPS) is 20.4. The van der Waals surface area contributed by atoms with Crippen molar-refractivity contribution in [2.45, 2.75) is 25.8 Å². The van der Waals surface area contributed by atoms with E-state index >= 15 is 0 Å². The van der Waals surface area contributed by atoms with Crippen molar-refractivity contribution in [3.63, 3.8) is 0 Å². The summed E-state index contributed by atoms with van der Waals surface area (Å²) in [6, 6.07) is 2.57. The van der Waals surface area contributed by atoms with Crippen LogP contribution in [0.4, 0.5) is 0 Å². The van der Waals surface area contributed by atoms with Crippen molar-refractivity contribution in [1.82, 2.24) is 15.3 Å². The Morgan fingerprint density at radius 1 is 1.50 bits per heavy atom. The number of hydrogen-bond donors (Lipinski definition) is 2. The van der Waals surface area contributed by atoms with Crippen molar-refractivity contribution >= 4 is 11.3 Å². The smallest absolute Gasteiger partial charge is 0.123 e. The molecule has 3 heterocycles. The van der Waals surface area contributed by atoms with E-state index in [9.17, 15) is 0 Å². The zero-order valence-corrected chi connectivity index (χ0v) is 10.1. The van der Waals surface area contributed by atoms with Crippen molar-refractivity contribution < 1.29 is 0 Å². The van der Waals surface area contributed by atoms with E-state index in [0.29, 0.717) is 6.04 Å². The first kappa shape index (κ1) is 10.1. The first-order chi connectivity index (χ1) is 7.84. The van der Waals surface area contributed by atoms with E-state index in [0.717, 1.165) is 18.1 Å². The highest BCUT2D eigenvalue weighted by Crippen LogP contribution is 2.29. The molecule has 3 rings (SSSR count). The monoisotopic (exact) mass is 233 g/mol. The van der Waals surface area contributed by atoms with Gasteiger partial charge in [-0.15, -0.1) is 11.3 Å². The molecule has 3 nitrogen and oxygen atoms in total. The van der Waals surface area contributed by atoms with Gasteiger partial charge in [0.15, 0.2) is 0 Å². The Hall–Kier alpha value is -1.13. The number of hydrogen-bond acceptors (Lipinski definition) is 3. The lowest BCUT2D eigenvalue weighted by Gasteiger charge is -2.05. The highest BCUT2D eigenvalue weighted by atomic mass is 32.1. The molecule has 0 amide bonds. The van der Waals surface area contributed by atoms with Crippen molar-refractivity contribution in [1.29, 1.82) is 0 Å². The quantitative estimate of drug-likeness (QED) is 0.837. The molecule has 2 aromatic heterocycles. The second kappa shape index (κ2) is 4.03. The van der Waals surface area contributed by atoms with Gasteiger partial charge in [0.2, 0.25) is 0 Å². The van der Waals surface area contributed by atoms with Crippen LogP contribution in [0.3, 0.4) is 0 Å². The number of nitrogens with one attached hydrogen (secondary N) is 2. The van der Waals surface area contributed by atoms with Crippen molar-refractivity contribution in [3.8, 4) is 10.6 Å². The molecule has 0 spiro atoms. The summed E-state index contributed by atoms with van der Waals surface area (Å²) in [4.78, 5) is 9.22. The van der Waals surface area contributed by atoms with Crippen LogP contribution < -0.4 is 5.32 Å². The lowest BCUT2D eigenvalue weighted by Crippen LogP contribution is -2.14. The number of nitrogens with zero attached hydrogens (tertiary/aromatic N) is 1. The van der Waals surface area contributed by atoms with Gasteiger partial charge in [-0.3, -0.25) is 0 Å². The third-order valence-corrected chi connectivity index (χ3v) is 4.14. The Balaban J connectivity index is 1.90.